The molecule has 0 N–H and O–H groups in total. The molecule has 0 atom stereocenters. The quantitative estimate of drug-likeness (QED) is 0.440. The van der Waals surface area contributed by atoms with Crippen LogP contribution in [0.1, 0.15) is 28.2 Å². The molecule has 1 aromatic rings. The van der Waals surface area contributed by atoms with Crippen molar-refractivity contribution in [3.05, 3.63) is 33.1 Å². The molecule has 0 saturated carbocycles. The minimum Gasteiger partial charge on any atom is -0.296 e. The molecule has 0 saturated heterocycles. The number of aromatic nitrogens is 1. The fourth-order valence-corrected chi connectivity index (χ4v) is 1.05. The van der Waals surface area contributed by atoms with Crippen molar-refractivity contribution in [3.8, 4) is 0 Å². The van der Waals surface area contributed by atoms with Crippen LogP contribution in [0.25, 0.3) is 0 Å². The van der Waals surface area contributed by atoms with E-state index < -0.39 is 22.7 Å². The van der Waals surface area contributed by atoms with Crippen LogP contribution in [0.2, 0.25) is 0 Å². The van der Waals surface area contributed by atoms with E-state index in [0.29, 0.717) is 6.07 Å². The largest absolute Gasteiger partial charge is 0.296 e. The third-order valence-electron chi connectivity index (χ3n) is 1.83. The van der Waals surface area contributed by atoms with Crippen molar-refractivity contribution in [1.82, 2.24) is 4.98 Å². The highest BCUT2D eigenvalue weighted by Crippen LogP contribution is 2.25. The van der Waals surface area contributed by atoms with Crippen LogP contribution >= 0.6 is 0 Å². The first kappa shape index (κ1) is 11.2. The fraction of sp³-hybridized carbons (Fsp3) is 0.250. The normalized spacial score (nSPS) is 10.4. The average molecular weight is 216 g/mol. The maximum absolute atomic E-state index is 12.3. The van der Waals surface area contributed by atoms with Crippen LogP contribution in [-0.2, 0) is 0 Å². The molecule has 0 unspecified atom stereocenters. The van der Waals surface area contributed by atoms with Gasteiger partial charge < -0.3 is 0 Å². The maximum Gasteiger partial charge on any atom is 0.280 e. The van der Waals surface area contributed by atoms with E-state index in [2.05, 4.69) is 4.98 Å². The monoisotopic (exact) mass is 216 g/mol. The predicted octanol–water partition coefficient (Wildman–Crippen LogP) is 2.05. The van der Waals surface area contributed by atoms with E-state index in [9.17, 15) is 23.7 Å². The van der Waals surface area contributed by atoms with Gasteiger partial charge >= 0.3 is 0 Å². The van der Waals surface area contributed by atoms with Gasteiger partial charge in [-0.05, 0) is 6.92 Å². The maximum atomic E-state index is 12.3. The third-order valence-corrected chi connectivity index (χ3v) is 1.83. The number of rotatable bonds is 3. The molecule has 1 aromatic heterocycles. The van der Waals surface area contributed by atoms with Gasteiger partial charge in [0.25, 0.3) is 12.1 Å². The number of carbonyl (C=O) groups excluding carboxylic acids is 1. The van der Waals surface area contributed by atoms with Crippen LogP contribution in [0.15, 0.2) is 6.07 Å². The van der Waals surface area contributed by atoms with Gasteiger partial charge in [0.2, 0.25) is 0 Å². The lowest BCUT2D eigenvalue weighted by Crippen LogP contribution is -2.03. The smallest absolute Gasteiger partial charge is 0.280 e. The average Bonchev–Trinajstić information content (AvgIpc) is 2.17. The number of nitrogens with zero attached hydrogens (tertiary/aromatic N) is 2. The number of halogens is 2. The minimum atomic E-state index is -2.94. The molecule has 0 aliphatic heterocycles. The molecule has 1 rings (SSSR count). The summed E-state index contributed by atoms with van der Waals surface area (Å²) in [6, 6.07) is 0.674. The highest BCUT2D eigenvalue weighted by Gasteiger charge is 2.21. The van der Waals surface area contributed by atoms with Gasteiger partial charge in [0, 0.05) is 6.07 Å². The van der Waals surface area contributed by atoms with E-state index >= 15 is 0 Å². The summed E-state index contributed by atoms with van der Waals surface area (Å²) >= 11 is 0. The number of hydrogen-bond donors (Lipinski definition) is 0. The summed E-state index contributed by atoms with van der Waals surface area (Å²) in [4.78, 5) is 23.4. The molecular weight excluding hydrogens is 210 g/mol. The molecule has 0 amide bonds. The van der Waals surface area contributed by atoms with E-state index in [1.54, 1.807) is 0 Å². The zero-order chi connectivity index (χ0) is 11.6. The highest BCUT2D eigenvalue weighted by atomic mass is 19.3. The molecule has 0 aliphatic carbocycles. The number of hydrogen-bond acceptors (Lipinski definition) is 4. The van der Waals surface area contributed by atoms with Crippen molar-refractivity contribution in [2.24, 2.45) is 0 Å². The van der Waals surface area contributed by atoms with Crippen molar-refractivity contribution < 1.29 is 18.5 Å². The Morgan fingerprint density at radius 2 is 2.20 bits per heavy atom. The molecule has 80 valence electrons. The first-order valence-electron chi connectivity index (χ1n) is 3.86. The van der Waals surface area contributed by atoms with Crippen molar-refractivity contribution in [2.45, 2.75) is 13.3 Å². The Balaban J connectivity index is 3.45. The van der Waals surface area contributed by atoms with Crippen LogP contribution in [-0.4, -0.2) is 16.2 Å². The van der Waals surface area contributed by atoms with Gasteiger partial charge in [-0.15, -0.1) is 0 Å². The third kappa shape index (κ3) is 2.12. The van der Waals surface area contributed by atoms with Gasteiger partial charge in [-0.2, -0.15) is 0 Å². The van der Waals surface area contributed by atoms with Gasteiger partial charge in [-0.1, -0.05) is 0 Å². The van der Waals surface area contributed by atoms with Crippen LogP contribution < -0.4 is 0 Å². The number of nitro groups is 1. The second kappa shape index (κ2) is 4.07. The molecule has 5 nitrogen and oxygen atoms in total. The highest BCUT2D eigenvalue weighted by molar-refractivity contribution is 5.76. The van der Waals surface area contributed by atoms with Gasteiger partial charge in [0.1, 0.15) is 11.4 Å². The van der Waals surface area contributed by atoms with Gasteiger partial charge in [0.05, 0.1) is 10.5 Å². The number of pyridine rings is 1. The molecule has 0 fully saturated rings. The summed E-state index contributed by atoms with van der Waals surface area (Å²) in [6.45, 7) is 1.28. The molecular formula is C8H6F2N2O3. The Kier molecular flexibility index (Phi) is 3.03. The second-order valence-corrected chi connectivity index (χ2v) is 2.75. The van der Waals surface area contributed by atoms with Gasteiger partial charge in [0.15, 0.2) is 6.29 Å². The lowest BCUT2D eigenvalue weighted by Gasteiger charge is -2.03. The molecule has 0 aromatic carbocycles. The van der Waals surface area contributed by atoms with Crippen molar-refractivity contribution >= 4 is 12.0 Å². The Hall–Kier alpha value is -1.92. The Bertz CT molecular complexity index is 421. The van der Waals surface area contributed by atoms with Crippen LogP contribution in [0, 0.1) is 17.0 Å². The Labute approximate surface area is 82.9 Å². The Morgan fingerprint density at radius 3 is 2.60 bits per heavy atom. The first-order chi connectivity index (χ1) is 6.97. The molecule has 1 heterocycles. The fourth-order valence-electron chi connectivity index (χ4n) is 1.05. The number of carbonyl (C=O) groups is 1. The molecule has 0 spiro atoms. The molecule has 0 radical (unpaired) electrons. The van der Waals surface area contributed by atoms with Gasteiger partial charge in [-0.3, -0.25) is 14.9 Å². The lowest BCUT2D eigenvalue weighted by atomic mass is 10.1. The number of alkyl halides is 2. The molecule has 7 heteroatoms. The van der Waals surface area contributed by atoms with E-state index in [1.807, 2.05) is 0 Å². The van der Waals surface area contributed by atoms with Crippen LogP contribution in [0.3, 0.4) is 0 Å². The van der Waals surface area contributed by atoms with E-state index in [-0.39, 0.29) is 17.5 Å². The van der Waals surface area contributed by atoms with Crippen LogP contribution in [0.4, 0.5) is 14.5 Å². The Morgan fingerprint density at radius 1 is 1.60 bits per heavy atom. The summed E-state index contributed by atoms with van der Waals surface area (Å²) in [6.07, 6.45) is -2.73. The predicted molar refractivity (Wildman–Crippen MR) is 46.0 cm³/mol. The minimum absolute atomic E-state index is 0.0144. The zero-order valence-electron chi connectivity index (χ0n) is 7.61. The van der Waals surface area contributed by atoms with E-state index in [0.717, 1.165) is 0 Å². The zero-order valence-corrected chi connectivity index (χ0v) is 7.61. The van der Waals surface area contributed by atoms with Crippen molar-refractivity contribution in [2.75, 3.05) is 0 Å². The van der Waals surface area contributed by atoms with Crippen molar-refractivity contribution in [3.63, 3.8) is 0 Å². The summed E-state index contributed by atoms with van der Waals surface area (Å²) in [5, 5.41) is 10.5. The molecule has 0 bridgehead atoms. The molecule has 15 heavy (non-hydrogen) atoms. The standard InChI is InChI=1S/C8H6F2N2O3/c1-4-6(3-13)11-5(8(9)10)2-7(4)12(14)15/h2-3,8H,1H3. The first-order valence-corrected chi connectivity index (χ1v) is 3.86. The van der Waals surface area contributed by atoms with Crippen LogP contribution in [0.5, 0.6) is 0 Å². The van der Waals surface area contributed by atoms with E-state index in [1.165, 1.54) is 6.92 Å². The number of aldehydes is 1. The summed E-state index contributed by atoms with van der Waals surface area (Å²) in [7, 11) is 0. The topological polar surface area (TPSA) is 73.1 Å². The summed E-state index contributed by atoms with van der Waals surface area (Å²) in [5.74, 6) is 0. The lowest BCUT2D eigenvalue weighted by molar-refractivity contribution is -0.385. The molecule has 0 aliphatic rings. The SMILES string of the molecule is Cc1c([N+](=O)[O-])cc(C(F)F)nc1C=O. The van der Waals surface area contributed by atoms with Crippen molar-refractivity contribution in [1.29, 1.82) is 0 Å². The second-order valence-electron chi connectivity index (χ2n) is 2.75. The van der Waals surface area contributed by atoms with Gasteiger partial charge in [-0.25, -0.2) is 13.8 Å². The van der Waals surface area contributed by atoms with E-state index in [4.69, 9.17) is 0 Å². The summed E-state index contributed by atoms with van der Waals surface area (Å²) < 4.78 is 24.5. The summed E-state index contributed by atoms with van der Waals surface area (Å²) in [5.41, 5.74) is -1.64.